The molecule has 4 heteroatoms. The number of anilines is 1. The predicted molar refractivity (Wildman–Crippen MR) is 82.4 cm³/mol. The van der Waals surface area contributed by atoms with Gasteiger partial charge in [-0.3, -0.25) is 4.79 Å². The number of para-hydroxylation sites is 1. The van der Waals surface area contributed by atoms with Crippen LogP contribution in [0.15, 0.2) is 24.3 Å². The molecule has 0 unspecified atom stereocenters. The number of benzene rings is 1. The van der Waals surface area contributed by atoms with Gasteiger partial charge < -0.3 is 16.0 Å². The van der Waals surface area contributed by atoms with Crippen LogP contribution in [0.3, 0.4) is 0 Å². The fraction of sp³-hybridized carbons (Fsp3) is 0.562. The second kappa shape index (κ2) is 7.41. The minimum absolute atomic E-state index is 0.0747. The van der Waals surface area contributed by atoms with Crippen LogP contribution >= 0.6 is 0 Å². The van der Waals surface area contributed by atoms with Gasteiger partial charge in [0.25, 0.3) is 0 Å². The summed E-state index contributed by atoms with van der Waals surface area (Å²) in [5.74, 6) is 0.982. The first kappa shape index (κ1) is 15.0. The standard InChI is InChI=1S/C16H25N3O/c1-19(12-13-8-9-13)10-4-7-16(20)18-15-6-3-2-5-14(15)11-17/h2-3,5-6,13H,4,7-12,17H2,1H3,(H,18,20). The molecule has 1 amide bonds. The van der Waals surface area contributed by atoms with E-state index in [0.717, 1.165) is 30.1 Å². The summed E-state index contributed by atoms with van der Waals surface area (Å²) >= 11 is 0. The highest BCUT2D eigenvalue weighted by molar-refractivity contribution is 5.91. The third kappa shape index (κ3) is 4.94. The Labute approximate surface area is 121 Å². The van der Waals surface area contributed by atoms with Crippen LogP contribution in [0, 0.1) is 5.92 Å². The number of carbonyl (C=O) groups is 1. The van der Waals surface area contributed by atoms with Crippen LogP contribution in [0.25, 0.3) is 0 Å². The van der Waals surface area contributed by atoms with Gasteiger partial charge in [0.2, 0.25) is 5.91 Å². The van der Waals surface area contributed by atoms with Crippen molar-refractivity contribution in [2.45, 2.75) is 32.2 Å². The van der Waals surface area contributed by atoms with Crippen molar-refractivity contribution >= 4 is 11.6 Å². The molecular formula is C16H25N3O. The molecule has 0 aromatic heterocycles. The molecule has 1 saturated carbocycles. The van der Waals surface area contributed by atoms with E-state index in [-0.39, 0.29) is 5.91 Å². The van der Waals surface area contributed by atoms with Gasteiger partial charge in [0, 0.05) is 25.2 Å². The van der Waals surface area contributed by atoms with Crippen molar-refractivity contribution in [1.82, 2.24) is 4.90 Å². The molecule has 0 radical (unpaired) electrons. The Morgan fingerprint density at radius 1 is 1.40 bits per heavy atom. The van der Waals surface area contributed by atoms with Gasteiger partial charge in [0.1, 0.15) is 0 Å². The van der Waals surface area contributed by atoms with Crippen LogP contribution in [0.2, 0.25) is 0 Å². The van der Waals surface area contributed by atoms with Crippen molar-refractivity contribution in [3.63, 3.8) is 0 Å². The van der Waals surface area contributed by atoms with Crippen molar-refractivity contribution < 1.29 is 4.79 Å². The van der Waals surface area contributed by atoms with Crippen molar-refractivity contribution in [2.24, 2.45) is 11.7 Å². The molecule has 0 aliphatic heterocycles. The third-order valence-electron chi connectivity index (χ3n) is 3.72. The molecular weight excluding hydrogens is 250 g/mol. The number of nitrogens with zero attached hydrogens (tertiary/aromatic N) is 1. The summed E-state index contributed by atoms with van der Waals surface area (Å²) in [4.78, 5) is 14.3. The summed E-state index contributed by atoms with van der Waals surface area (Å²) in [6.07, 6.45) is 4.22. The fourth-order valence-corrected chi connectivity index (χ4v) is 2.37. The third-order valence-corrected chi connectivity index (χ3v) is 3.72. The topological polar surface area (TPSA) is 58.4 Å². The van der Waals surface area contributed by atoms with Gasteiger partial charge in [-0.15, -0.1) is 0 Å². The number of carbonyl (C=O) groups excluding carboxylic acids is 1. The minimum Gasteiger partial charge on any atom is -0.326 e. The Morgan fingerprint density at radius 3 is 2.85 bits per heavy atom. The van der Waals surface area contributed by atoms with Gasteiger partial charge in [-0.1, -0.05) is 18.2 Å². The van der Waals surface area contributed by atoms with E-state index in [9.17, 15) is 4.79 Å². The van der Waals surface area contributed by atoms with E-state index < -0.39 is 0 Å². The van der Waals surface area contributed by atoms with Crippen LogP contribution in [-0.4, -0.2) is 30.9 Å². The zero-order valence-corrected chi connectivity index (χ0v) is 12.3. The van der Waals surface area contributed by atoms with Crippen LogP contribution in [-0.2, 0) is 11.3 Å². The lowest BCUT2D eigenvalue weighted by Crippen LogP contribution is -2.23. The number of nitrogens with two attached hydrogens (primary N) is 1. The molecule has 4 nitrogen and oxygen atoms in total. The molecule has 1 fully saturated rings. The molecule has 1 aliphatic carbocycles. The number of hydrogen-bond acceptors (Lipinski definition) is 3. The summed E-state index contributed by atoms with van der Waals surface area (Å²) in [6, 6.07) is 7.70. The molecule has 0 saturated heterocycles. The molecule has 1 aromatic rings. The number of amides is 1. The first-order chi connectivity index (χ1) is 9.69. The van der Waals surface area contributed by atoms with E-state index >= 15 is 0 Å². The molecule has 110 valence electrons. The smallest absolute Gasteiger partial charge is 0.224 e. The second-order valence-electron chi connectivity index (χ2n) is 5.72. The van der Waals surface area contributed by atoms with E-state index in [1.807, 2.05) is 24.3 Å². The summed E-state index contributed by atoms with van der Waals surface area (Å²) in [6.45, 7) is 2.61. The zero-order valence-electron chi connectivity index (χ0n) is 12.3. The molecule has 0 bridgehead atoms. The maximum absolute atomic E-state index is 11.9. The summed E-state index contributed by atoms with van der Waals surface area (Å²) in [5.41, 5.74) is 7.48. The zero-order chi connectivity index (χ0) is 14.4. The van der Waals surface area contributed by atoms with Crippen molar-refractivity contribution in [1.29, 1.82) is 0 Å². The van der Waals surface area contributed by atoms with Crippen LogP contribution in [0.1, 0.15) is 31.2 Å². The monoisotopic (exact) mass is 275 g/mol. The second-order valence-corrected chi connectivity index (χ2v) is 5.72. The number of nitrogens with one attached hydrogen (secondary N) is 1. The van der Waals surface area contributed by atoms with E-state index in [1.54, 1.807) is 0 Å². The Hall–Kier alpha value is -1.39. The summed E-state index contributed by atoms with van der Waals surface area (Å²) < 4.78 is 0. The maximum atomic E-state index is 11.9. The number of rotatable bonds is 8. The largest absolute Gasteiger partial charge is 0.326 e. The fourth-order valence-electron chi connectivity index (χ4n) is 2.37. The lowest BCUT2D eigenvalue weighted by molar-refractivity contribution is -0.116. The van der Waals surface area contributed by atoms with Crippen molar-refractivity contribution in [3.8, 4) is 0 Å². The van der Waals surface area contributed by atoms with Gasteiger partial charge in [0.15, 0.2) is 0 Å². The van der Waals surface area contributed by atoms with E-state index in [2.05, 4.69) is 17.3 Å². The van der Waals surface area contributed by atoms with E-state index in [0.29, 0.717) is 13.0 Å². The Bertz CT molecular complexity index is 443. The van der Waals surface area contributed by atoms with Crippen LogP contribution in [0.5, 0.6) is 0 Å². The molecule has 20 heavy (non-hydrogen) atoms. The van der Waals surface area contributed by atoms with Crippen molar-refractivity contribution in [2.75, 3.05) is 25.5 Å². The molecule has 0 atom stereocenters. The highest BCUT2D eigenvalue weighted by atomic mass is 16.1. The Kier molecular flexibility index (Phi) is 5.56. The van der Waals surface area contributed by atoms with Crippen LogP contribution < -0.4 is 11.1 Å². The molecule has 0 spiro atoms. The van der Waals surface area contributed by atoms with Gasteiger partial charge in [0.05, 0.1) is 0 Å². The first-order valence-corrected chi connectivity index (χ1v) is 7.45. The molecule has 0 heterocycles. The SMILES string of the molecule is CN(CCCC(=O)Nc1ccccc1CN)CC1CC1. The average molecular weight is 275 g/mol. The summed E-state index contributed by atoms with van der Waals surface area (Å²) in [7, 11) is 2.14. The molecule has 1 aromatic carbocycles. The van der Waals surface area contributed by atoms with E-state index in [1.165, 1.54) is 19.4 Å². The Balaban J connectivity index is 1.69. The predicted octanol–water partition coefficient (Wildman–Crippen LogP) is 2.21. The molecule has 2 rings (SSSR count). The minimum atomic E-state index is 0.0747. The van der Waals surface area contributed by atoms with Gasteiger partial charge in [-0.05, 0) is 50.4 Å². The number of hydrogen-bond donors (Lipinski definition) is 2. The van der Waals surface area contributed by atoms with E-state index in [4.69, 9.17) is 5.73 Å². The van der Waals surface area contributed by atoms with Crippen LogP contribution in [0.4, 0.5) is 5.69 Å². The van der Waals surface area contributed by atoms with Gasteiger partial charge in [-0.25, -0.2) is 0 Å². The lowest BCUT2D eigenvalue weighted by Gasteiger charge is -2.16. The maximum Gasteiger partial charge on any atom is 0.224 e. The summed E-state index contributed by atoms with van der Waals surface area (Å²) in [5, 5.41) is 2.95. The first-order valence-electron chi connectivity index (χ1n) is 7.45. The highest BCUT2D eigenvalue weighted by Crippen LogP contribution is 2.29. The lowest BCUT2D eigenvalue weighted by atomic mass is 10.1. The average Bonchev–Trinajstić information content (AvgIpc) is 3.23. The Morgan fingerprint density at radius 2 is 2.15 bits per heavy atom. The van der Waals surface area contributed by atoms with Gasteiger partial charge >= 0.3 is 0 Å². The molecule has 3 N–H and O–H groups in total. The quantitative estimate of drug-likeness (QED) is 0.764. The molecule has 1 aliphatic rings. The van der Waals surface area contributed by atoms with Crippen molar-refractivity contribution in [3.05, 3.63) is 29.8 Å². The van der Waals surface area contributed by atoms with Gasteiger partial charge in [-0.2, -0.15) is 0 Å². The normalized spacial score (nSPS) is 14.6. The highest BCUT2D eigenvalue weighted by Gasteiger charge is 2.22.